The van der Waals surface area contributed by atoms with Crippen LogP contribution in [0.25, 0.3) is 0 Å². The van der Waals surface area contributed by atoms with Crippen molar-refractivity contribution >= 4 is 11.8 Å². The van der Waals surface area contributed by atoms with Crippen molar-refractivity contribution in [3.63, 3.8) is 0 Å². The van der Waals surface area contributed by atoms with Crippen LogP contribution in [-0.2, 0) is 6.42 Å². The Kier molecular flexibility index (Phi) is 4.48. The molecule has 1 atom stereocenters. The Hall–Kier alpha value is -2.28. The van der Waals surface area contributed by atoms with E-state index >= 15 is 0 Å². The van der Waals surface area contributed by atoms with Crippen LogP contribution in [0.2, 0.25) is 0 Å². The fourth-order valence-electron chi connectivity index (χ4n) is 3.94. The molecule has 1 fully saturated rings. The first-order valence-electron chi connectivity index (χ1n) is 9.31. The van der Waals surface area contributed by atoms with Gasteiger partial charge in [0.15, 0.2) is 0 Å². The maximum absolute atomic E-state index is 9.72. The molecule has 1 aliphatic carbocycles. The summed E-state index contributed by atoms with van der Waals surface area (Å²) in [4.78, 5) is 20.2. The van der Waals surface area contributed by atoms with E-state index in [-0.39, 0.29) is 17.6 Å². The number of aliphatic hydroxyl groups excluding tert-OH is 1. The van der Waals surface area contributed by atoms with E-state index in [9.17, 15) is 5.11 Å². The summed E-state index contributed by atoms with van der Waals surface area (Å²) in [5.74, 6) is 1.56. The molecule has 2 aromatic rings. The number of aromatic nitrogens is 4. The zero-order valence-electron chi connectivity index (χ0n) is 15.4. The Balaban J connectivity index is 1.61. The van der Waals surface area contributed by atoms with Gasteiger partial charge in [-0.25, -0.2) is 15.0 Å². The van der Waals surface area contributed by atoms with Crippen LogP contribution in [0.5, 0.6) is 0 Å². The van der Waals surface area contributed by atoms with E-state index in [1.807, 2.05) is 6.20 Å². The third-order valence-electron chi connectivity index (χ3n) is 5.30. The van der Waals surface area contributed by atoms with Crippen LogP contribution in [0.3, 0.4) is 0 Å². The number of hydrogen-bond donors (Lipinski definition) is 2. The van der Waals surface area contributed by atoms with Crippen LogP contribution in [0, 0.1) is 5.41 Å². The van der Waals surface area contributed by atoms with Gasteiger partial charge in [0.25, 0.3) is 0 Å². The zero-order chi connectivity index (χ0) is 18.1. The molecule has 2 N–H and O–H groups in total. The third-order valence-corrected chi connectivity index (χ3v) is 5.30. The lowest BCUT2D eigenvalue weighted by Crippen LogP contribution is -2.38. The summed E-state index contributed by atoms with van der Waals surface area (Å²) in [7, 11) is 0. The number of aliphatic hydroxyl groups is 1. The highest BCUT2D eigenvalue weighted by atomic mass is 16.3. The van der Waals surface area contributed by atoms with Crippen molar-refractivity contribution in [2.45, 2.75) is 51.7 Å². The lowest BCUT2D eigenvalue weighted by molar-refractivity contribution is 0.145. The molecule has 0 spiro atoms. The molecule has 0 aromatic carbocycles. The second kappa shape index (κ2) is 6.79. The van der Waals surface area contributed by atoms with Crippen LogP contribution in [0.15, 0.2) is 24.8 Å². The van der Waals surface area contributed by atoms with Crippen LogP contribution in [0.4, 0.5) is 11.8 Å². The van der Waals surface area contributed by atoms with Crippen molar-refractivity contribution in [1.82, 2.24) is 19.9 Å². The number of nitrogens with zero attached hydrogens (tertiary/aromatic N) is 5. The molecule has 138 valence electrons. The quantitative estimate of drug-likeness (QED) is 0.875. The van der Waals surface area contributed by atoms with Crippen molar-refractivity contribution in [2.75, 3.05) is 23.3 Å². The second-order valence-electron chi connectivity index (χ2n) is 8.12. The Morgan fingerprint density at radius 3 is 2.69 bits per heavy atom. The largest absolute Gasteiger partial charge is 0.393 e. The van der Waals surface area contributed by atoms with Gasteiger partial charge in [0.2, 0.25) is 5.95 Å². The summed E-state index contributed by atoms with van der Waals surface area (Å²) in [6.07, 6.45) is 10.4. The molecule has 1 aliphatic heterocycles. The van der Waals surface area contributed by atoms with E-state index < -0.39 is 0 Å². The zero-order valence-corrected chi connectivity index (χ0v) is 15.4. The van der Waals surface area contributed by atoms with Gasteiger partial charge in [-0.2, -0.15) is 0 Å². The van der Waals surface area contributed by atoms with Crippen LogP contribution >= 0.6 is 0 Å². The monoisotopic (exact) mass is 354 g/mol. The van der Waals surface area contributed by atoms with E-state index in [1.165, 1.54) is 0 Å². The average Bonchev–Trinajstić information content (AvgIpc) is 2.62. The summed E-state index contributed by atoms with van der Waals surface area (Å²) < 4.78 is 0. The summed E-state index contributed by atoms with van der Waals surface area (Å²) in [5, 5.41) is 13.2. The first kappa shape index (κ1) is 17.1. The molecule has 7 nitrogen and oxygen atoms in total. The van der Waals surface area contributed by atoms with Crippen LogP contribution in [-0.4, -0.2) is 44.2 Å². The van der Waals surface area contributed by atoms with E-state index in [1.54, 1.807) is 18.6 Å². The minimum Gasteiger partial charge on any atom is -0.393 e. The molecular weight excluding hydrogens is 328 g/mol. The molecule has 1 unspecified atom stereocenters. The predicted octanol–water partition coefficient (Wildman–Crippen LogP) is 2.35. The number of anilines is 2. The number of piperidine rings is 1. The molecule has 0 saturated carbocycles. The highest BCUT2D eigenvalue weighted by Crippen LogP contribution is 2.41. The number of rotatable bonds is 3. The maximum atomic E-state index is 9.72. The summed E-state index contributed by atoms with van der Waals surface area (Å²) in [6.45, 7) is 6.18. The highest BCUT2D eigenvalue weighted by molar-refractivity contribution is 5.41. The molecular formula is C19H26N6O. The summed E-state index contributed by atoms with van der Waals surface area (Å²) in [6, 6.07) is 0.127. The van der Waals surface area contributed by atoms with Crippen LogP contribution in [0.1, 0.15) is 50.4 Å². The first-order valence-corrected chi connectivity index (χ1v) is 9.31. The van der Waals surface area contributed by atoms with E-state index in [4.69, 9.17) is 4.98 Å². The molecule has 3 heterocycles. The standard InChI is InChI=1S/C19H26N6O/c1-19(2)9-15(23-17-12-20-5-6-21-17)14-11-22-18(24-16(14)10-19)25-7-3-13(26)4-8-25/h5-6,11-13,15,26H,3-4,7-10H2,1-2H3,(H,21,23). The Morgan fingerprint density at radius 2 is 1.96 bits per heavy atom. The highest BCUT2D eigenvalue weighted by Gasteiger charge is 2.34. The molecule has 4 rings (SSSR count). The SMILES string of the molecule is CC1(C)Cc2nc(N3CCC(O)CC3)ncc2C(Nc2cnccn2)C1. The van der Waals surface area contributed by atoms with Gasteiger partial charge in [-0.3, -0.25) is 4.98 Å². The molecule has 26 heavy (non-hydrogen) atoms. The fourth-order valence-corrected chi connectivity index (χ4v) is 3.94. The van der Waals surface area contributed by atoms with Crippen molar-refractivity contribution < 1.29 is 5.11 Å². The lowest BCUT2D eigenvalue weighted by atomic mass is 9.74. The van der Waals surface area contributed by atoms with Gasteiger partial charge in [0.1, 0.15) is 5.82 Å². The minimum atomic E-state index is -0.191. The summed E-state index contributed by atoms with van der Waals surface area (Å²) >= 11 is 0. The van der Waals surface area contributed by atoms with E-state index in [0.29, 0.717) is 0 Å². The molecule has 2 aliphatic rings. The maximum Gasteiger partial charge on any atom is 0.225 e. The smallest absolute Gasteiger partial charge is 0.225 e. The first-order chi connectivity index (χ1) is 12.5. The van der Waals surface area contributed by atoms with Crippen molar-refractivity contribution in [1.29, 1.82) is 0 Å². The average molecular weight is 354 g/mol. The molecule has 1 saturated heterocycles. The normalized spacial score (nSPS) is 22.7. The number of nitrogens with one attached hydrogen (secondary N) is 1. The predicted molar refractivity (Wildman–Crippen MR) is 100.0 cm³/mol. The number of fused-ring (bicyclic) bond motifs is 1. The number of hydrogen-bond acceptors (Lipinski definition) is 7. The molecule has 2 aromatic heterocycles. The van der Waals surface area contributed by atoms with Crippen molar-refractivity contribution in [3.05, 3.63) is 36.0 Å². The van der Waals surface area contributed by atoms with Gasteiger partial charge in [0.05, 0.1) is 24.0 Å². The lowest BCUT2D eigenvalue weighted by Gasteiger charge is -2.37. The van der Waals surface area contributed by atoms with E-state index in [0.717, 1.165) is 61.8 Å². The van der Waals surface area contributed by atoms with Gasteiger partial charge >= 0.3 is 0 Å². The molecule has 0 bridgehead atoms. The minimum absolute atomic E-state index is 0.127. The van der Waals surface area contributed by atoms with Crippen molar-refractivity contribution in [3.8, 4) is 0 Å². The third kappa shape index (κ3) is 3.62. The fraction of sp³-hybridized carbons (Fsp3) is 0.579. The van der Waals surface area contributed by atoms with Gasteiger partial charge in [-0.1, -0.05) is 13.8 Å². The Labute approximate surface area is 153 Å². The van der Waals surface area contributed by atoms with Gasteiger partial charge < -0.3 is 15.3 Å². The van der Waals surface area contributed by atoms with Gasteiger partial charge in [-0.15, -0.1) is 0 Å². The molecule has 0 radical (unpaired) electrons. The van der Waals surface area contributed by atoms with Crippen molar-refractivity contribution in [2.24, 2.45) is 5.41 Å². The molecule has 0 amide bonds. The Morgan fingerprint density at radius 1 is 1.15 bits per heavy atom. The summed E-state index contributed by atoms with van der Waals surface area (Å²) in [5.41, 5.74) is 2.41. The topological polar surface area (TPSA) is 87.1 Å². The van der Waals surface area contributed by atoms with E-state index in [2.05, 4.69) is 39.0 Å². The van der Waals surface area contributed by atoms with Gasteiger partial charge in [0, 0.05) is 37.2 Å². The van der Waals surface area contributed by atoms with Gasteiger partial charge in [-0.05, 0) is 31.1 Å². The van der Waals surface area contributed by atoms with Crippen LogP contribution < -0.4 is 10.2 Å². The Bertz CT molecular complexity index is 758. The second-order valence-corrected chi connectivity index (χ2v) is 8.12. The molecule has 7 heteroatoms.